The fourth-order valence-electron chi connectivity index (χ4n) is 6.20. The van der Waals surface area contributed by atoms with Gasteiger partial charge in [-0.05, 0) is 55.9 Å². The van der Waals surface area contributed by atoms with Gasteiger partial charge < -0.3 is 48.5 Å². The summed E-state index contributed by atoms with van der Waals surface area (Å²) in [7, 11) is -4.48. The van der Waals surface area contributed by atoms with Crippen molar-refractivity contribution in [1.29, 1.82) is 0 Å². The van der Waals surface area contributed by atoms with Crippen LogP contribution in [0.3, 0.4) is 0 Å². The lowest BCUT2D eigenvalue weighted by Crippen LogP contribution is -2.58. The molecule has 6 amide bonds. The van der Waals surface area contributed by atoms with Crippen molar-refractivity contribution < 1.29 is 51.6 Å². The highest BCUT2D eigenvalue weighted by atomic mass is 32.2. The van der Waals surface area contributed by atoms with Crippen LogP contribution in [0.15, 0.2) is 87.9 Å². The Labute approximate surface area is 367 Å². The van der Waals surface area contributed by atoms with Crippen LogP contribution in [-0.2, 0) is 45.3 Å². The van der Waals surface area contributed by atoms with Gasteiger partial charge in [0.25, 0.3) is 16.0 Å². The molecule has 0 spiro atoms. The fraction of sp³-hybridized carbons (Fsp3) is 0.350. The molecule has 0 radical (unpaired) electrons. The molecule has 4 atom stereocenters. The van der Waals surface area contributed by atoms with Gasteiger partial charge in [0.2, 0.25) is 29.5 Å². The lowest BCUT2D eigenvalue weighted by atomic mass is 10.0. The second kappa shape index (κ2) is 24.2. The van der Waals surface area contributed by atoms with Gasteiger partial charge in [0.05, 0.1) is 24.7 Å². The molecule has 0 bridgehead atoms. The molecular weight excluding hydrogens is 857 g/mol. The number of hydrogen-bond acceptors (Lipinski definition) is 13. The summed E-state index contributed by atoms with van der Waals surface area (Å²) in [6, 6.07) is 11.7. The molecule has 1 aromatic heterocycles. The molecule has 3 aromatic rings. The molecule has 0 aliphatic carbocycles. The van der Waals surface area contributed by atoms with Crippen LogP contribution in [0, 0.1) is 0 Å². The Balaban J connectivity index is 1.46. The van der Waals surface area contributed by atoms with Crippen LogP contribution in [0.1, 0.15) is 60.0 Å². The number of carbonyl (C=O) groups is 7. The summed E-state index contributed by atoms with van der Waals surface area (Å²) in [5, 5.41) is 28.7. The minimum absolute atomic E-state index is 0.000612. The van der Waals surface area contributed by atoms with E-state index in [0.717, 1.165) is 0 Å². The topological polar surface area (TPSA) is 368 Å². The van der Waals surface area contributed by atoms with Crippen molar-refractivity contribution in [1.82, 2.24) is 36.9 Å². The van der Waals surface area contributed by atoms with E-state index >= 15 is 0 Å². The van der Waals surface area contributed by atoms with Crippen LogP contribution >= 0.6 is 0 Å². The molecule has 13 N–H and O–H groups in total. The summed E-state index contributed by atoms with van der Waals surface area (Å²) in [5.41, 5.74) is 14.4. The van der Waals surface area contributed by atoms with Gasteiger partial charge in [-0.25, -0.2) is 4.98 Å². The monoisotopic (exact) mass is 906 g/mol. The standard InChI is InChI=1S/C40H50N12O11S/c41-40(42)44-18-8-13-27-37(58)49-28(12-6-7-17-43-35(56)26-15-16-32(45-21-26)52-47-22-25-11-4-5-14-31(25)64(61,62)63)38(59)50-29(19-24-9-2-1-3-10-24)39(60)51-30(20-34(54)55)36(57)46-23-33(53)48-27/h1-5,9-11,14-16,21-22,27-30H,6-8,12-13,17-20,23H2,(H,43,56)(H,45,52)(H,46,57)(H,48,53)(H,49,58)(H,50,59)(H,51,60)(H,54,55)(H4,41,42,44)(H,61,62,63)/t27?,28-,29?,30-/m1/s1. The predicted molar refractivity (Wildman–Crippen MR) is 231 cm³/mol. The first-order valence-electron chi connectivity index (χ1n) is 19.9. The number of aliphatic carboxylic acids is 1. The molecule has 1 fully saturated rings. The first-order valence-corrected chi connectivity index (χ1v) is 21.3. The highest BCUT2D eigenvalue weighted by Crippen LogP contribution is 2.14. The van der Waals surface area contributed by atoms with Gasteiger partial charge in [-0.2, -0.15) is 13.5 Å². The minimum Gasteiger partial charge on any atom is -0.481 e. The summed E-state index contributed by atoms with van der Waals surface area (Å²) in [6.07, 6.45) is 2.34. The summed E-state index contributed by atoms with van der Waals surface area (Å²) in [6.45, 7) is -0.443. The third kappa shape index (κ3) is 16.4. The Morgan fingerprint density at radius 1 is 0.797 bits per heavy atom. The smallest absolute Gasteiger partial charge is 0.305 e. The van der Waals surface area contributed by atoms with Crippen molar-refractivity contribution in [3.8, 4) is 0 Å². The van der Waals surface area contributed by atoms with E-state index < -0.39 is 88.7 Å². The first kappa shape index (κ1) is 49.2. The van der Waals surface area contributed by atoms with E-state index in [4.69, 9.17) is 11.5 Å². The number of aromatic nitrogens is 1. The number of amides is 6. The molecule has 342 valence electrons. The summed E-state index contributed by atoms with van der Waals surface area (Å²) >= 11 is 0. The molecule has 1 saturated heterocycles. The Kier molecular flexibility index (Phi) is 18.6. The molecular formula is C40H50N12O11S. The van der Waals surface area contributed by atoms with E-state index in [1.165, 1.54) is 42.7 Å². The zero-order valence-electron chi connectivity index (χ0n) is 34.4. The van der Waals surface area contributed by atoms with Crippen molar-refractivity contribution >= 4 is 69.5 Å². The van der Waals surface area contributed by atoms with Gasteiger partial charge in [0, 0.05) is 31.3 Å². The first-order chi connectivity index (χ1) is 30.5. The van der Waals surface area contributed by atoms with Crippen molar-refractivity contribution in [3.63, 3.8) is 0 Å². The molecule has 2 aromatic carbocycles. The Hall–Kier alpha value is -7.47. The number of carboxylic acid groups (broad SMARTS) is 1. The Bertz CT molecular complexity index is 2310. The van der Waals surface area contributed by atoms with Crippen molar-refractivity contribution in [3.05, 3.63) is 89.6 Å². The number of hydrazone groups is 1. The zero-order chi connectivity index (χ0) is 46.6. The van der Waals surface area contributed by atoms with Gasteiger partial charge in [0.1, 0.15) is 34.9 Å². The number of nitrogens with zero attached hydrogens (tertiary/aromatic N) is 3. The van der Waals surface area contributed by atoms with Gasteiger partial charge in [-0.1, -0.05) is 48.5 Å². The second-order valence-electron chi connectivity index (χ2n) is 14.3. The molecule has 1 aliphatic rings. The van der Waals surface area contributed by atoms with Crippen LogP contribution < -0.4 is 48.8 Å². The number of carboxylic acids is 1. The van der Waals surface area contributed by atoms with Crippen LogP contribution in [0.4, 0.5) is 5.82 Å². The van der Waals surface area contributed by atoms with Gasteiger partial charge >= 0.3 is 5.97 Å². The van der Waals surface area contributed by atoms with Gasteiger partial charge in [-0.15, -0.1) is 0 Å². The van der Waals surface area contributed by atoms with Gasteiger partial charge in [-0.3, -0.25) is 48.5 Å². The van der Waals surface area contributed by atoms with Crippen LogP contribution in [0.5, 0.6) is 0 Å². The van der Waals surface area contributed by atoms with E-state index in [9.17, 15) is 51.6 Å². The number of nitrogens with two attached hydrogens (primary N) is 2. The van der Waals surface area contributed by atoms with Crippen molar-refractivity contribution in [2.24, 2.45) is 21.6 Å². The maximum absolute atomic E-state index is 14.0. The van der Waals surface area contributed by atoms with Crippen molar-refractivity contribution in [2.45, 2.75) is 74.0 Å². The quantitative estimate of drug-likeness (QED) is 0.0228. The maximum Gasteiger partial charge on any atom is 0.305 e. The number of unbranched alkanes of at least 4 members (excludes halogenated alkanes) is 1. The number of nitrogens with one attached hydrogen (secondary N) is 7. The molecule has 1 aliphatic heterocycles. The number of hydrogen-bond donors (Lipinski definition) is 11. The molecule has 2 heterocycles. The van der Waals surface area contributed by atoms with Crippen LogP contribution in [0.2, 0.25) is 0 Å². The molecule has 64 heavy (non-hydrogen) atoms. The molecule has 23 nitrogen and oxygen atoms in total. The number of carbonyl (C=O) groups excluding carboxylic acids is 6. The lowest BCUT2D eigenvalue weighted by Gasteiger charge is -2.26. The number of anilines is 1. The largest absolute Gasteiger partial charge is 0.481 e. The molecule has 0 saturated carbocycles. The van der Waals surface area contributed by atoms with E-state index in [1.807, 2.05) is 0 Å². The van der Waals surface area contributed by atoms with Gasteiger partial charge in [0.15, 0.2) is 5.96 Å². The summed E-state index contributed by atoms with van der Waals surface area (Å²) < 4.78 is 32.6. The van der Waals surface area contributed by atoms with E-state index in [-0.39, 0.29) is 73.0 Å². The predicted octanol–water partition coefficient (Wildman–Crippen LogP) is -1.49. The Morgan fingerprint density at radius 3 is 2.11 bits per heavy atom. The number of pyridine rings is 1. The summed E-state index contributed by atoms with van der Waals surface area (Å²) in [5.74, 6) is -6.12. The molecule has 4 rings (SSSR count). The van der Waals surface area contributed by atoms with Crippen LogP contribution in [0.25, 0.3) is 0 Å². The molecule has 24 heteroatoms. The highest BCUT2D eigenvalue weighted by Gasteiger charge is 2.33. The third-order valence-electron chi connectivity index (χ3n) is 9.39. The Morgan fingerprint density at radius 2 is 1.44 bits per heavy atom. The number of aliphatic imine (C=N–C) groups is 1. The average molecular weight is 907 g/mol. The zero-order valence-corrected chi connectivity index (χ0v) is 35.2. The maximum atomic E-state index is 14.0. The summed E-state index contributed by atoms with van der Waals surface area (Å²) in [4.78, 5) is 99.8. The van der Waals surface area contributed by atoms with E-state index in [1.54, 1.807) is 36.4 Å². The lowest BCUT2D eigenvalue weighted by molar-refractivity contribution is -0.141. The van der Waals surface area contributed by atoms with Crippen molar-refractivity contribution in [2.75, 3.05) is 25.1 Å². The second-order valence-corrected chi connectivity index (χ2v) is 15.7. The normalized spacial score (nSPS) is 18.8. The number of rotatable bonds is 18. The SMILES string of the molecule is NC(N)=NCCCC1NC(=O)CNC(=O)[C@@H](CC(=O)O)NC(=O)C(Cc2ccccc2)NC(=O)[C@@H](CCCCNC(=O)c2ccc(NN=Cc3ccccc3S(=O)(=O)O)nc2)NC1=O. The van der Waals surface area contributed by atoms with Crippen LogP contribution in [-0.4, -0.2) is 120 Å². The van der Waals surface area contributed by atoms with E-state index in [0.29, 0.717) is 12.0 Å². The average Bonchev–Trinajstić information content (AvgIpc) is 3.25. The fourth-order valence-corrected chi connectivity index (χ4v) is 6.87. The minimum atomic E-state index is -4.48. The third-order valence-corrected chi connectivity index (χ3v) is 10.3. The number of benzene rings is 2. The highest BCUT2D eigenvalue weighted by molar-refractivity contribution is 7.86. The number of guanidine groups is 1. The van der Waals surface area contributed by atoms with E-state index in [2.05, 4.69) is 52.4 Å². The molecule has 2 unspecified atom stereocenters.